The van der Waals surface area contributed by atoms with Crippen LogP contribution in [0.3, 0.4) is 0 Å². The van der Waals surface area contributed by atoms with Gasteiger partial charge in [-0.1, -0.05) is 24.3 Å². The van der Waals surface area contributed by atoms with Gasteiger partial charge in [0.2, 0.25) is 21.4 Å². The van der Waals surface area contributed by atoms with E-state index in [1.807, 2.05) is 36.4 Å². The fourth-order valence-corrected chi connectivity index (χ4v) is 2.10. The number of methoxy groups -OCH3 is 1. The summed E-state index contributed by atoms with van der Waals surface area (Å²) < 4.78 is 38.4. The zero-order valence-electron chi connectivity index (χ0n) is 12.7. The van der Waals surface area contributed by atoms with Crippen LogP contribution in [0.1, 0.15) is 0 Å². The molecule has 0 fully saturated rings. The first-order valence-corrected chi connectivity index (χ1v) is 7.97. The fraction of sp³-hybridized carbons (Fsp3) is 0.200. The van der Waals surface area contributed by atoms with Gasteiger partial charge in [-0.25, -0.2) is 13.4 Å². The lowest BCUT2D eigenvalue weighted by Gasteiger charge is -2.03. The minimum atomic E-state index is -4.41. The van der Waals surface area contributed by atoms with E-state index >= 15 is 0 Å². The molecule has 0 aliphatic carbocycles. The molecule has 7 nitrogen and oxygen atoms in total. The Morgan fingerprint density at radius 1 is 1.00 bits per heavy atom. The molecular weight excluding hydrogens is 320 g/mol. The molecule has 23 heavy (non-hydrogen) atoms. The Morgan fingerprint density at radius 2 is 1.43 bits per heavy atom. The molecule has 0 bridgehead atoms. The van der Waals surface area contributed by atoms with Crippen molar-refractivity contribution in [3.05, 3.63) is 48.5 Å². The summed E-state index contributed by atoms with van der Waals surface area (Å²) in [6.07, 6.45) is 0. The van der Waals surface area contributed by atoms with Crippen LogP contribution in [0.25, 0.3) is 22.1 Å². The molecule has 3 rings (SSSR count). The predicted molar refractivity (Wildman–Crippen MR) is 83.2 cm³/mol. The summed E-state index contributed by atoms with van der Waals surface area (Å²) in [6, 6.07) is 16.2. The Hall–Kier alpha value is -2.13. The largest absolute Gasteiger partial charge is 0.726 e. The van der Waals surface area contributed by atoms with Crippen molar-refractivity contribution < 1.29 is 26.5 Å². The topological polar surface area (TPSA) is 92.4 Å². The van der Waals surface area contributed by atoms with Crippen LogP contribution in [0.5, 0.6) is 0 Å². The Morgan fingerprint density at radius 3 is 1.83 bits per heavy atom. The molecule has 0 saturated carbocycles. The molecule has 1 heterocycles. The number of aromatic nitrogens is 2. The third kappa shape index (κ3) is 4.42. The number of nitrogens with zero attached hydrogens (tertiary/aromatic N) is 2. The van der Waals surface area contributed by atoms with Crippen LogP contribution in [0, 0.1) is 0 Å². The van der Waals surface area contributed by atoms with E-state index in [0.717, 1.165) is 29.2 Å². The van der Waals surface area contributed by atoms with Gasteiger partial charge in [0.05, 0.1) is 7.11 Å². The highest BCUT2D eigenvalue weighted by Crippen LogP contribution is 2.13. The van der Waals surface area contributed by atoms with Crippen molar-refractivity contribution in [2.45, 2.75) is 6.73 Å². The summed E-state index contributed by atoms with van der Waals surface area (Å²) in [5, 5.41) is 0. The molecule has 0 aliphatic heterocycles. The highest BCUT2D eigenvalue weighted by Gasteiger charge is 2.14. The molecule has 0 spiro atoms. The van der Waals surface area contributed by atoms with Gasteiger partial charge in [-0.05, 0) is 12.1 Å². The predicted octanol–water partition coefficient (Wildman–Crippen LogP) is 1.37. The van der Waals surface area contributed by atoms with Gasteiger partial charge in [-0.15, -0.1) is 0 Å². The smallest absolute Gasteiger partial charge is 0.253 e. The quantitative estimate of drug-likeness (QED) is 0.310. The number of para-hydroxylation sites is 4. The Balaban J connectivity index is 0.000000277. The molecule has 0 radical (unpaired) electrons. The first-order chi connectivity index (χ1) is 11.0. The standard InChI is InChI=1S/C14H13N2O.CH4O4S/c1-17-10-16-13-8-4-2-6-11(13)15-12-7-3-5-9-14(12)16;1-5-6(2,3)4/h2-9H,10H2,1H3;1H3,(H,2,3,4)/q+1;/p-1. The molecular formula is C15H16N2O5S. The summed E-state index contributed by atoms with van der Waals surface area (Å²) in [5.41, 5.74) is 4.16. The van der Waals surface area contributed by atoms with Crippen molar-refractivity contribution in [1.29, 1.82) is 0 Å². The maximum Gasteiger partial charge on any atom is 0.253 e. The first-order valence-electron chi connectivity index (χ1n) is 6.64. The maximum absolute atomic E-state index is 9.22. The SMILES string of the molecule is COC[n+]1c2ccccc2nc2ccccc21.COS(=O)(=O)[O-]. The molecule has 0 amide bonds. The lowest BCUT2D eigenvalue weighted by atomic mass is 10.2. The number of hydrogen-bond acceptors (Lipinski definition) is 6. The fourth-order valence-electron chi connectivity index (χ4n) is 2.10. The highest BCUT2D eigenvalue weighted by molar-refractivity contribution is 7.80. The summed E-state index contributed by atoms with van der Waals surface area (Å²) in [7, 11) is -1.90. The van der Waals surface area contributed by atoms with Gasteiger partial charge in [-0.3, -0.25) is 4.18 Å². The molecule has 0 N–H and O–H groups in total. The average molecular weight is 336 g/mol. The molecule has 0 saturated heterocycles. The van der Waals surface area contributed by atoms with Crippen LogP contribution in [-0.4, -0.2) is 32.2 Å². The van der Waals surface area contributed by atoms with E-state index in [0.29, 0.717) is 6.73 Å². The molecule has 0 atom stereocenters. The van der Waals surface area contributed by atoms with E-state index < -0.39 is 10.4 Å². The van der Waals surface area contributed by atoms with Gasteiger partial charge in [0.1, 0.15) is 11.0 Å². The maximum atomic E-state index is 9.22. The van der Waals surface area contributed by atoms with Gasteiger partial charge in [0, 0.05) is 19.2 Å². The molecule has 2 aromatic carbocycles. The summed E-state index contributed by atoms with van der Waals surface area (Å²) in [5.74, 6) is 0. The summed E-state index contributed by atoms with van der Waals surface area (Å²) in [6.45, 7) is 0.531. The highest BCUT2D eigenvalue weighted by atomic mass is 32.3. The van der Waals surface area contributed by atoms with Crippen molar-refractivity contribution in [2.24, 2.45) is 0 Å². The van der Waals surface area contributed by atoms with Crippen LogP contribution >= 0.6 is 0 Å². The molecule has 3 aromatic rings. The van der Waals surface area contributed by atoms with Gasteiger partial charge in [0.25, 0.3) is 6.73 Å². The molecule has 0 unspecified atom stereocenters. The lowest BCUT2D eigenvalue weighted by molar-refractivity contribution is -0.683. The van der Waals surface area contributed by atoms with E-state index in [-0.39, 0.29) is 0 Å². The molecule has 8 heteroatoms. The van der Waals surface area contributed by atoms with E-state index in [2.05, 4.69) is 25.9 Å². The second-order valence-corrected chi connectivity index (χ2v) is 5.66. The van der Waals surface area contributed by atoms with Crippen molar-refractivity contribution in [2.75, 3.05) is 14.2 Å². The van der Waals surface area contributed by atoms with Gasteiger partial charge < -0.3 is 9.29 Å². The molecule has 0 aliphatic rings. The zero-order chi connectivity index (χ0) is 16.9. The first kappa shape index (κ1) is 17.2. The van der Waals surface area contributed by atoms with Gasteiger partial charge in [0.15, 0.2) is 0 Å². The van der Waals surface area contributed by atoms with Crippen LogP contribution in [0.2, 0.25) is 0 Å². The lowest BCUT2D eigenvalue weighted by Crippen LogP contribution is -2.36. The second kappa shape index (κ2) is 7.42. The number of benzene rings is 2. The second-order valence-electron chi connectivity index (χ2n) is 4.51. The minimum absolute atomic E-state index is 0.531. The normalized spacial score (nSPS) is 11.3. The van der Waals surface area contributed by atoms with E-state index in [1.165, 1.54) is 0 Å². The third-order valence-corrected chi connectivity index (χ3v) is 3.46. The average Bonchev–Trinajstić information content (AvgIpc) is 2.55. The summed E-state index contributed by atoms with van der Waals surface area (Å²) in [4.78, 5) is 4.64. The molecule has 1 aromatic heterocycles. The monoisotopic (exact) mass is 336 g/mol. The minimum Gasteiger partial charge on any atom is -0.726 e. The molecule has 122 valence electrons. The van der Waals surface area contributed by atoms with Crippen LogP contribution < -0.4 is 4.57 Å². The van der Waals surface area contributed by atoms with Crippen LogP contribution in [0.15, 0.2) is 48.5 Å². The Labute approximate surface area is 134 Å². The Kier molecular flexibility index (Phi) is 5.56. The van der Waals surface area contributed by atoms with E-state index in [4.69, 9.17) is 4.74 Å². The van der Waals surface area contributed by atoms with Crippen LogP contribution in [-0.2, 0) is 26.0 Å². The number of fused-ring (bicyclic) bond motifs is 2. The van der Waals surface area contributed by atoms with Crippen molar-refractivity contribution in [3.63, 3.8) is 0 Å². The van der Waals surface area contributed by atoms with Crippen molar-refractivity contribution in [3.8, 4) is 0 Å². The van der Waals surface area contributed by atoms with E-state index in [1.54, 1.807) is 7.11 Å². The zero-order valence-corrected chi connectivity index (χ0v) is 13.5. The van der Waals surface area contributed by atoms with E-state index in [9.17, 15) is 13.0 Å². The van der Waals surface area contributed by atoms with Gasteiger partial charge >= 0.3 is 0 Å². The number of rotatable bonds is 3. The van der Waals surface area contributed by atoms with Crippen LogP contribution in [0.4, 0.5) is 0 Å². The van der Waals surface area contributed by atoms with Gasteiger partial charge in [-0.2, -0.15) is 4.57 Å². The number of ether oxygens (including phenoxy) is 1. The van der Waals surface area contributed by atoms with Crippen molar-refractivity contribution in [1.82, 2.24) is 4.98 Å². The third-order valence-electron chi connectivity index (χ3n) is 3.05. The number of hydrogen-bond donors (Lipinski definition) is 0. The van der Waals surface area contributed by atoms with Crippen molar-refractivity contribution >= 4 is 32.5 Å². The Bertz CT molecular complexity index is 858. The summed E-state index contributed by atoms with van der Waals surface area (Å²) >= 11 is 0.